The van der Waals surface area contributed by atoms with Gasteiger partial charge in [-0.1, -0.05) is 71.9 Å². The molecule has 0 bridgehead atoms. The number of halogens is 2. The molecule has 3 rings (SSSR count). The van der Waals surface area contributed by atoms with E-state index in [1.54, 1.807) is 18.2 Å². The molecule has 3 nitrogen and oxygen atoms in total. The lowest BCUT2D eigenvalue weighted by Crippen LogP contribution is -2.05. The van der Waals surface area contributed by atoms with Crippen LogP contribution < -0.4 is 0 Å². The van der Waals surface area contributed by atoms with Crippen LogP contribution in [0.5, 0.6) is 0 Å². The molecule has 0 N–H and O–H groups in total. The van der Waals surface area contributed by atoms with Crippen molar-refractivity contribution < 1.29 is 4.39 Å². The fourth-order valence-corrected chi connectivity index (χ4v) is 3.25. The minimum absolute atomic E-state index is 0.309. The van der Waals surface area contributed by atoms with E-state index in [2.05, 4.69) is 10.2 Å². The molecule has 24 heavy (non-hydrogen) atoms. The van der Waals surface area contributed by atoms with E-state index in [1.165, 1.54) is 23.4 Å². The summed E-state index contributed by atoms with van der Waals surface area (Å²) in [6, 6.07) is 16.6. The Bertz CT molecular complexity index is 833. The average molecular weight is 360 g/mol. The first-order chi connectivity index (χ1) is 11.8. The molecule has 0 radical (unpaired) electrons. The van der Waals surface area contributed by atoms with E-state index < -0.39 is 0 Å². The lowest BCUT2D eigenvalue weighted by molar-refractivity contribution is 0.626. The molecule has 1 aromatic heterocycles. The third-order valence-electron chi connectivity index (χ3n) is 3.41. The molecule has 0 aliphatic rings. The fraction of sp³-hybridized carbons (Fsp3) is 0.111. The minimum Gasteiger partial charge on any atom is -0.297 e. The van der Waals surface area contributed by atoms with Crippen molar-refractivity contribution in [2.45, 2.75) is 11.7 Å². The van der Waals surface area contributed by atoms with Gasteiger partial charge < -0.3 is 0 Å². The summed E-state index contributed by atoms with van der Waals surface area (Å²) in [5.41, 5.74) is 3.02. The van der Waals surface area contributed by atoms with Crippen molar-refractivity contribution in [2.75, 3.05) is 5.75 Å². The predicted octanol–water partition coefficient (Wildman–Crippen LogP) is 4.98. The van der Waals surface area contributed by atoms with Gasteiger partial charge in [-0.25, -0.2) is 4.39 Å². The first-order valence-corrected chi connectivity index (χ1v) is 8.82. The molecule has 0 aliphatic heterocycles. The van der Waals surface area contributed by atoms with Gasteiger partial charge in [-0.15, -0.1) is 10.2 Å². The normalized spacial score (nSPS) is 11.2. The topological polar surface area (TPSA) is 30.7 Å². The molecule has 3 aromatic rings. The molecule has 6 heteroatoms. The quantitative estimate of drug-likeness (QED) is 0.582. The summed E-state index contributed by atoms with van der Waals surface area (Å²) in [5, 5.41) is 9.18. The number of benzene rings is 2. The fourth-order valence-electron chi connectivity index (χ4n) is 2.30. The molecule has 1 heterocycles. The first-order valence-electron chi connectivity index (χ1n) is 7.39. The second-order valence-electron chi connectivity index (χ2n) is 5.03. The van der Waals surface area contributed by atoms with Crippen LogP contribution in [0.25, 0.3) is 11.4 Å². The van der Waals surface area contributed by atoms with E-state index >= 15 is 0 Å². The molecular weight excluding hydrogens is 345 g/mol. The molecule has 0 saturated heterocycles. The Labute approximate surface area is 149 Å². The van der Waals surface area contributed by atoms with Crippen LogP contribution in [0.2, 0.25) is 0 Å². The first kappa shape index (κ1) is 16.7. The van der Waals surface area contributed by atoms with Gasteiger partial charge in [-0.05, 0) is 17.7 Å². The Kier molecular flexibility index (Phi) is 5.67. The zero-order valence-electron chi connectivity index (χ0n) is 12.8. The summed E-state index contributed by atoms with van der Waals surface area (Å²) < 4.78 is 16.1. The van der Waals surface area contributed by atoms with Gasteiger partial charge in [-0.3, -0.25) is 4.57 Å². The second kappa shape index (κ2) is 8.13. The molecule has 0 aliphatic carbocycles. The summed E-state index contributed by atoms with van der Waals surface area (Å²) in [7, 11) is 0. The number of rotatable bonds is 6. The molecule has 122 valence electrons. The highest BCUT2D eigenvalue weighted by molar-refractivity contribution is 7.99. The zero-order chi connectivity index (χ0) is 16.8. The standard InChI is InChI=1S/C18H15ClFN3S/c19-11-6-12-24-18-22-21-17(15-9-4-5-10-16(15)20)23(18)13-14-7-2-1-3-8-14/h1-11H,12-13H2. The van der Waals surface area contributed by atoms with Crippen LogP contribution in [0.15, 0.2) is 71.4 Å². The lowest BCUT2D eigenvalue weighted by Gasteiger charge is -2.10. The van der Waals surface area contributed by atoms with Crippen LogP contribution in [0, 0.1) is 5.82 Å². The molecule has 0 spiro atoms. The van der Waals surface area contributed by atoms with Gasteiger partial charge in [0.25, 0.3) is 0 Å². The van der Waals surface area contributed by atoms with Gasteiger partial charge in [0.15, 0.2) is 11.0 Å². The van der Waals surface area contributed by atoms with E-state index in [9.17, 15) is 4.39 Å². The summed E-state index contributed by atoms with van der Waals surface area (Å²) in [6.07, 6.45) is 1.83. The van der Waals surface area contributed by atoms with Crippen molar-refractivity contribution in [3.8, 4) is 11.4 Å². The van der Waals surface area contributed by atoms with Gasteiger partial charge in [0.05, 0.1) is 12.1 Å². The Balaban J connectivity index is 2.00. The van der Waals surface area contributed by atoms with Gasteiger partial charge >= 0.3 is 0 Å². The molecular formula is C18H15ClFN3S. The van der Waals surface area contributed by atoms with Gasteiger partial charge in [0.1, 0.15) is 5.82 Å². The van der Waals surface area contributed by atoms with Gasteiger partial charge in [0.2, 0.25) is 0 Å². The summed E-state index contributed by atoms with van der Waals surface area (Å²) in [5.74, 6) is 0.888. The number of thioether (sulfide) groups is 1. The summed E-state index contributed by atoms with van der Waals surface area (Å²) in [4.78, 5) is 0. The highest BCUT2D eigenvalue weighted by Gasteiger charge is 2.17. The second-order valence-corrected chi connectivity index (χ2v) is 6.27. The maximum Gasteiger partial charge on any atom is 0.192 e. The van der Waals surface area contributed by atoms with E-state index in [0.29, 0.717) is 23.7 Å². The van der Waals surface area contributed by atoms with Crippen LogP contribution in [0.4, 0.5) is 4.39 Å². The highest BCUT2D eigenvalue weighted by Crippen LogP contribution is 2.27. The van der Waals surface area contributed by atoms with Crippen LogP contribution in [-0.4, -0.2) is 20.5 Å². The number of aromatic nitrogens is 3. The lowest BCUT2D eigenvalue weighted by atomic mass is 10.2. The molecule has 0 fully saturated rings. The number of hydrogen-bond acceptors (Lipinski definition) is 3. The highest BCUT2D eigenvalue weighted by atomic mass is 35.5. The smallest absolute Gasteiger partial charge is 0.192 e. The molecule has 2 aromatic carbocycles. The van der Waals surface area contributed by atoms with Gasteiger partial charge in [-0.2, -0.15) is 0 Å². The third kappa shape index (κ3) is 3.86. The third-order valence-corrected chi connectivity index (χ3v) is 4.51. The Morgan fingerprint density at radius 2 is 1.79 bits per heavy atom. The number of nitrogens with zero attached hydrogens (tertiary/aromatic N) is 3. The zero-order valence-corrected chi connectivity index (χ0v) is 14.3. The maximum atomic E-state index is 14.2. The summed E-state index contributed by atoms with van der Waals surface area (Å²) >= 11 is 7.08. The summed E-state index contributed by atoms with van der Waals surface area (Å²) in [6.45, 7) is 0.574. The van der Waals surface area contributed by atoms with Crippen LogP contribution in [0.3, 0.4) is 0 Å². The largest absolute Gasteiger partial charge is 0.297 e. The van der Waals surface area contributed by atoms with Crippen molar-refractivity contribution in [3.63, 3.8) is 0 Å². The molecule has 0 atom stereocenters. The van der Waals surface area contributed by atoms with Crippen LogP contribution in [-0.2, 0) is 6.54 Å². The van der Waals surface area contributed by atoms with Crippen molar-refractivity contribution in [1.29, 1.82) is 0 Å². The monoisotopic (exact) mass is 359 g/mol. The Morgan fingerprint density at radius 1 is 1.04 bits per heavy atom. The van der Waals surface area contributed by atoms with E-state index in [4.69, 9.17) is 11.6 Å². The average Bonchev–Trinajstić information content (AvgIpc) is 2.99. The van der Waals surface area contributed by atoms with Crippen molar-refractivity contribution in [2.24, 2.45) is 0 Å². The van der Waals surface area contributed by atoms with Crippen LogP contribution in [0.1, 0.15) is 5.56 Å². The molecule has 0 amide bonds. The Morgan fingerprint density at radius 3 is 2.54 bits per heavy atom. The van der Waals surface area contributed by atoms with Crippen molar-refractivity contribution in [3.05, 3.63) is 77.6 Å². The minimum atomic E-state index is -0.309. The number of hydrogen-bond donors (Lipinski definition) is 0. The SMILES string of the molecule is Fc1ccccc1-c1nnc(SCC=CCl)n1Cc1ccccc1. The predicted molar refractivity (Wildman–Crippen MR) is 96.7 cm³/mol. The maximum absolute atomic E-state index is 14.2. The van der Waals surface area contributed by atoms with Gasteiger partial charge in [0, 0.05) is 11.3 Å². The van der Waals surface area contributed by atoms with Crippen LogP contribution >= 0.6 is 23.4 Å². The molecule has 0 unspecified atom stereocenters. The van der Waals surface area contributed by atoms with Crippen molar-refractivity contribution in [1.82, 2.24) is 14.8 Å². The van der Waals surface area contributed by atoms with E-state index in [1.807, 2.05) is 41.0 Å². The Hall–Kier alpha value is -2.11. The van der Waals surface area contributed by atoms with E-state index in [0.717, 1.165) is 10.7 Å². The van der Waals surface area contributed by atoms with Crippen molar-refractivity contribution >= 4 is 23.4 Å². The van der Waals surface area contributed by atoms with E-state index in [-0.39, 0.29) is 5.82 Å². The molecule has 0 saturated carbocycles.